The van der Waals surface area contributed by atoms with Gasteiger partial charge < -0.3 is 9.47 Å². The highest BCUT2D eigenvalue weighted by atomic mass is 16.7. The Hall–Kier alpha value is -1.46. The summed E-state index contributed by atoms with van der Waals surface area (Å²) in [6.07, 6.45) is 0.668. The summed E-state index contributed by atoms with van der Waals surface area (Å²) in [5.41, 5.74) is 16.5. The van der Waals surface area contributed by atoms with Gasteiger partial charge in [0.15, 0.2) is 6.29 Å². The van der Waals surface area contributed by atoms with Gasteiger partial charge in [0.2, 0.25) is 0 Å². The van der Waals surface area contributed by atoms with Crippen LogP contribution in [0.4, 0.5) is 0 Å². The number of methoxy groups -OCH3 is 1. The lowest BCUT2D eigenvalue weighted by Crippen LogP contribution is -2.39. The molecule has 0 amide bonds. The standard InChI is InChI=1S/C7H12N6O2/c1-14-7-6(11-13-9)3-2-5(15-7)4-10-12-8/h5-7H,2-4H2,1H3/t5-,6-,7+/m1/s1. The fraction of sp³-hybridized carbons (Fsp3) is 1.00. The number of hydrogen-bond donors (Lipinski definition) is 0. The number of nitrogens with zero attached hydrogens (tertiary/aromatic N) is 6. The van der Waals surface area contributed by atoms with Crippen molar-refractivity contribution in [2.45, 2.75) is 31.3 Å². The quantitative estimate of drug-likeness (QED) is 0.403. The van der Waals surface area contributed by atoms with Crippen LogP contribution in [0.15, 0.2) is 10.2 Å². The van der Waals surface area contributed by atoms with Gasteiger partial charge in [0, 0.05) is 16.9 Å². The Balaban J connectivity index is 2.53. The van der Waals surface area contributed by atoms with Crippen LogP contribution in [0.25, 0.3) is 20.9 Å². The fourth-order valence-electron chi connectivity index (χ4n) is 1.49. The van der Waals surface area contributed by atoms with Gasteiger partial charge >= 0.3 is 0 Å². The third kappa shape index (κ3) is 3.30. The molecule has 0 aromatic heterocycles. The first-order valence-electron chi connectivity index (χ1n) is 4.55. The van der Waals surface area contributed by atoms with Crippen molar-refractivity contribution in [1.29, 1.82) is 0 Å². The monoisotopic (exact) mass is 212 g/mol. The van der Waals surface area contributed by atoms with Crippen LogP contribution in [0.2, 0.25) is 0 Å². The molecule has 82 valence electrons. The molecule has 0 aromatic carbocycles. The van der Waals surface area contributed by atoms with Crippen LogP contribution >= 0.6 is 0 Å². The smallest absolute Gasteiger partial charge is 0.166 e. The van der Waals surface area contributed by atoms with E-state index in [2.05, 4.69) is 20.1 Å². The second-order valence-corrected chi connectivity index (χ2v) is 3.13. The van der Waals surface area contributed by atoms with Gasteiger partial charge in [-0.2, -0.15) is 0 Å². The predicted molar refractivity (Wildman–Crippen MR) is 51.9 cm³/mol. The largest absolute Gasteiger partial charge is 0.355 e. The lowest BCUT2D eigenvalue weighted by Gasteiger charge is -2.32. The van der Waals surface area contributed by atoms with Crippen LogP contribution < -0.4 is 0 Å². The second-order valence-electron chi connectivity index (χ2n) is 3.13. The van der Waals surface area contributed by atoms with Crippen LogP contribution in [-0.2, 0) is 9.47 Å². The van der Waals surface area contributed by atoms with E-state index < -0.39 is 6.29 Å². The zero-order valence-corrected chi connectivity index (χ0v) is 8.35. The first kappa shape index (κ1) is 11.6. The van der Waals surface area contributed by atoms with Crippen molar-refractivity contribution >= 4 is 0 Å². The number of hydrogen-bond acceptors (Lipinski definition) is 4. The molecule has 0 aromatic rings. The Morgan fingerprint density at radius 3 is 2.80 bits per heavy atom. The van der Waals surface area contributed by atoms with Crippen molar-refractivity contribution in [2.75, 3.05) is 13.7 Å². The highest BCUT2D eigenvalue weighted by molar-refractivity contribution is 4.80. The molecule has 0 N–H and O–H groups in total. The molecule has 1 heterocycles. The predicted octanol–water partition coefficient (Wildman–Crippen LogP) is 2.13. The summed E-state index contributed by atoms with van der Waals surface area (Å²) < 4.78 is 10.5. The lowest BCUT2D eigenvalue weighted by molar-refractivity contribution is -0.185. The minimum absolute atomic E-state index is 0.156. The van der Waals surface area contributed by atoms with Gasteiger partial charge in [0.05, 0.1) is 18.7 Å². The molecule has 0 bridgehead atoms. The van der Waals surface area contributed by atoms with Gasteiger partial charge in [0.25, 0.3) is 0 Å². The number of rotatable bonds is 4. The summed E-state index contributed by atoms with van der Waals surface area (Å²) in [5.74, 6) is 0. The van der Waals surface area contributed by atoms with E-state index in [0.29, 0.717) is 12.8 Å². The van der Waals surface area contributed by atoms with Gasteiger partial charge in [-0.25, -0.2) is 0 Å². The van der Waals surface area contributed by atoms with Crippen molar-refractivity contribution in [3.63, 3.8) is 0 Å². The second kappa shape index (κ2) is 6.10. The molecule has 1 saturated heterocycles. The molecule has 1 aliphatic rings. The van der Waals surface area contributed by atoms with E-state index in [-0.39, 0.29) is 18.7 Å². The van der Waals surface area contributed by atoms with Crippen molar-refractivity contribution in [1.82, 2.24) is 0 Å². The fourth-order valence-corrected chi connectivity index (χ4v) is 1.49. The van der Waals surface area contributed by atoms with E-state index in [1.165, 1.54) is 7.11 Å². The molecule has 8 nitrogen and oxygen atoms in total. The Morgan fingerprint density at radius 2 is 2.20 bits per heavy atom. The Kier molecular flexibility index (Phi) is 4.73. The Morgan fingerprint density at radius 1 is 1.40 bits per heavy atom. The molecule has 0 spiro atoms. The molecule has 1 fully saturated rings. The molecule has 15 heavy (non-hydrogen) atoms. The average molecular weight is 212 g/mol. The minimum atomic E-state index is -0.548. The highest BCUT2D eigenvalue weighted by Crippen LogP contribution is 2.23. The molecule has 0 radical (unpaired) electrons. The normalized spacial score (nSPS) is 30.1. The summed E-state index contributed by atoms with van der Waals surface area (Å²) in [6.45, 7) is 0.277. The van der Waals surface area contributed by atoms with Crippen molar-refractivity contribution in [3.05, 3.63) is 20.9 Å². The SMILES string of the molecule is CO[C@H]1O[C@@H](CN=[N+]=[N-])CC[C@H]1N=[N+]=[N-]. The maximum absolute atomic E-state index is 8.32. The summed E-state index contributed by atoms with van der Waals surface area (Å²) in [4.78, 5) is 5.39. The Labute approximate surface area is 86.4 Å². The zero-order valence-electron chi connectivity index (χ0n) is 8.35. The van der Waals surface area contributed by atoms with Gasteiger partial charge in [-0.15, -0.1) is 0 Å². The van der Waals surface area contributed by atoms with E-state index in [1.54, 1.807) is 0 Å². The van der Waals surface area contributed by atoms with Gasteiger partial charge in [0.1, 0.15) is 0 Å². The molecule has 0 unspecified atom stereocenters. The average Bonchev–Trinajstić information content (AvgIpc) is 2.28. The van der Waals surface area contributed by atoms with E-state index in [9.17, 15) is 0 Å². The number of azide groups is 2. The third-order valence-corrected chi connectivity index (χ3v) is 2.21. The van der Waals surface area contributed by atoms with Crippen LogP contribution in [-0.4, -0.2) is 32.1 Å². The zero-order chi connectivity index (χ0) is 11.1. The van der Waals surface area contributed by atoms with Crippen molar-refractivity contribution < 1.29 is 9.47 Å². The highest BCUT2D eigenvalue weighted by Gasteiger charge is 2.30. The molecule has 1 rings (SSSR count). The van der Waals surface area contributed by atoms with Crippen LogP contribution in [0.3, 0.4) is 0 Å². The third-order valence-electron chi connectivity index (χ3n) is 2.21. The molecule has 1 aliphatic heterocycles. The maximum Gasteiger partial charge on any atom is 0.166 e. The van der Waals surface area contributed by atoms with E-state index in [0.717, 1.165) is 0 Å². The molecular formula is C7H12N6O2. The minimum Gasteiger partial charge on any atom is -0.355 e. The van der Waals surface area contributed by atoms with Crippen molar-refractivity contribution in [3.8, 4) is 0 Å². The lowest BCUT2D eigenvalue weighted by atomic mass is 10.0. The van der Waals surface area contributed by atoms with Crippen LogP contribution in [0.5, 0.6) is 0 Å². The van der Waals surface area contributed by atoms with Crippen LogP contribution in [0, 0.1) is 0 Å². The molecule has 3 atom stereocenters. The van der Waals surface area contributed by atoms with E-state index in [4.69, 9.17) is 20.5 Å². The van der Waals surface area contributed by atoms with Gasteiger partial charge in [-0.1, -0.05) is 10.2 Å². The van der Waals surface area contributed by atoms with Gasteiger partial charge in [-0.3, -0.25) is 0 Å². The maximum atomic E-state index is 8.32. The summed E-state index contributed by atoms with van der Waals surface area (Å²) >= 11 is 0. The summed E-state index contributed by atoms with van der Waals surface area (Å²) in [5, 5.41) is 7.01. The summed E-state index contributed by atoms with van der Waals surface area (Å²) in [7, 11) is 1.49. The molecule has 8 heteroatoms. The van der Waals surface area contributed by atoms with Gasteiger partial charge in [-0.05, 0) is 23.9 Å². The number of ether oxygens (including phenoxy) is 2. The topological polar surface area (TPSA) is 116 Å². The van der Waals surface area contributed by atoms with E-state index in [1.807, 2.05) is 0 Å². The van der Waals surface area contributed by atoms with Crippen molar-refractivity contribution in [2.24, 2.45) is 10.2 Å². The Bertz CT molecular complexity index is 296. The summed E-state index contributed by atoms with van der Waals surface area (Å²) in [6, 6.07) is -0.303. The van der Waals surface area contributed by atoms with E-state index >= 15 is 0 Å². The van der Waals surface area contributed by atoms with Crippen LogP contribution in [0.1, 0.15) is 12.8 Å². The first-order chi connectivity index (χ1) is 7.31. The molecule has 0 saturated carbocycles. The first-order valence-corrected chi connectivity index (χ1v) is 4.55. The molecular weight excluding hydrogens is 200 g/mol. The molecule has 0 aliphatic carbocycles.